The Balaban J connectivity index is 2.14. The van der Waals surface area contributed by atoms with Gasteiger partial charge in [-0.1, -0.05) is 39.8 Å². The fourth-order valence-electron chi connectivity index (χ4n) is 3.70. The summed E-state index contributed by atoms with van der Waals surface area (Å²) >= 11 is 0. The van der Waals surface area contributed by atoms with Gasteiger partial charge in [-0.2, -0.15) is 0 Å². The van der Waals surface area contributed by atoms with Crippen molar-refractivity contribution < 1.29 is 0 Å². The van der Waals surface area contributed by atoms with Crippen molar-refractivity contribution >= 4 is 5.69 Å². The van der Waals surface area contributed by atoms with Crippen LogP contribution in [0.15, 0.2) is 24.3 Å². The van der Waals surface area contributed by atoms with Gasteiger partial charge in [0.05, 0.1) is 0 Å². The standard InChI is InChI=1S/C19H32N2/c1-6-19(20-7-2)17-8-10-18(11-9-17)21-13-14(3)12-15(4)16(21)5/h8-11,14-16,19-20H,6-7,12-13H2,1-5H3. The monoisotopic (exact) mass is 288 g/mol. The van der Waals surface area contributed by atoms with Gasteiger partial charge in [-0.15, -0.1) is 0 Å². The maximum Gasteiger partial charge on any atom is 0.0369 e. The van der Waals surface area contributed by atoms with E-state index in [1.165, 1.54) is 24.2 Å². The van der Waals surface area contributed by atoms with E-state index in [0.29, 0.717) is 12.1 Å². The lowest BCUT2D eigenvalue weighted by Crippen LogP contribution is -2.45. The number of rotatable bonds is 5. The summed E-state index contributed by atoms with van der Waals surface area (Å²) in [7, 11) is 0. The van der Waals surface area contributed by atoms with E-state index in [0.717, 1.165) is 24.8 Å². The first-order valence-electron chi connectivity index (χ1n) is 8.66. The molecule has 118 valence electrons. The van der Waals surface area contributed by atoms with E-state index in [2.05, 4.69) is 69.1 Å². The molecule has 1 heterocycles. The first-order valence-corrected chi connectivity index (χ1v) is 8.66. The molecule has 1 saturated heterocycles. The van der Waals surface area contributed by atoms with Gasteiger partial charge in [0.2, 0.25) is 0 Å². The number of benzene rings is 1. The maximum absolute atomic E-state index is 3.56. The smallest absolute Gasteiger partial charge is 0.0369 e. The fourth-order valence-corrected chi connectivity index (χ4v) is 3.70. The van der Waals surface area contributed by atoms with Gasteiger partial charge in [-0.3, -0.25) is 0 Å². The molecule has 0 spiro atoms. The van der Waals surface area contributed by atoms with Crippen LogP contribution in [0.1, 0.15) is 59.1 Å². The lowest BCUT2D eigenvalue weighted by molar-refractivity contribution is 0.297. The topological polar surface area (TPSA) is 15.3 Å². The number of hydrogen-bond donors (Lipinski definition) is 1. The van der Waals surface area contributed by atoms with Crippen LogP contribution < -0.4 is 10.2 Å². The zero-order valence-corrected chi connectivity index (χ0v) is 14.4. The van der Waals surface area contributed by atoms with Crippen LogP contribution in [0.5, 0.6) is 0 Å². The van der Waals surface area contributed by atoms with Gasteiger partial charge in [-0.25, -0.2) is 0 Å². The van der Waals surface area contributed by atoms with Crippen LogP contribution in [0, 0.1) is 11.8 Å². The second-order valence-electron chi connectivity index (χ2n) is 6.82. The molecule has 0 saturated carbocycles. The van der Waals surface area contributed by atoms with E-state index in [4.69, 9.17) is 0 Å². The average molecular weight is 288 g/mol. The first kappa shape index (κ1) is 16.4. The van der Waals surface area contributed by atoms with E-state index >= 15 is 0 Å². The normalized spacial score (nSPS) is 27.7. The average Bonchev–Trinajstić information content (AvgIpc) is 2.49. The van der Waals surface area contributed by atoms with Crippen molar-refractivity contribution in [3.05, 3.63) is 29.8 Å². The maximum atomic E-state index is 3.56. The second-order valence-corrected chi connectivity index (χ2v) is 6.82. The molecule has 2 heteroatoms. The van der Waals surface area contributed by atoms with Gasteiger partial charge < -0.3 is 10.2 Å². The van der Waals surface area contributed by atoms with Crippen molar-refractivity contribution in [1.29, 1.82) is 0 Å². The molecule has 0 aliphatic carbocycles. The summed E-state index contributed by atoms with van der Waals surface area (Å²) in [5, 5.41) is 3.56. The number of hydrogen-bond acceptors (Lipinski definition) is 2. The molecule has 1 aromatic rings. The number of nitrogens with one attached hydrogen (secondary N) is 1. The summed E-state index contributed by atoms with van der Waals surface area (Å²) in [6.07, 6.45) is 2.50. The number of nitrogens with zero attached hydrogens (tertiary/aromatic N) is 1. The highest BCUT2D eigenvalue weighted by atomic mass is 15.2. The molecule has 4 unspecified atom stereocenters. The third kappa shape index (κ3) is 3.79. The quantitative estimate of drug-likeness (QED) is 0.850. The summed E-state index contributed by atoms with van der Waals surface area (Å²) in [5.41, 5.74) is 2.80. The van der Waals surface area contributed by atoms with Gasteiger partial charge >= 0.3 is 0 Å². The first-order chi connectivity index (χ1) is 10.1. The van der Waals surface area contributed by atoms with Gasteiger partial charge in [0.15, 0.2) is 0 Å². The lowest BCUT2D eigenvalue weighted by Gasteiger charge is -2.42. The molecule has 21 heavy (non-hydrogen) atoms. The molecule has 1 N–H and O–H groups in total. The molecule has 0 bridgehead atoms. The van der Waals surface area contributed by atoms with Crippen molar-refractivity contribution in [2.24, 2.45) is 11.8 Å². The second kappa shape index (κ2) is 7.31. The summed E-state index contributed by atoms with van der Waals surface area (Å²) in [6.45, 7) is 13.8. The summed E-state index contributed by atoms with van der Waals surface area (Å²) in [4.78, 5) is 2.59. The van der Waals surface area contributed by atoms with Crippen molar-refractivity contribution in [2.75, 3.05) is 18.0 Å². The molecule has 0 radical (unpaired) electrons. The molecule has 1 fully saturated rings. The van der Waals surface area contributed by atoms with Gasteiger partial charge in [0.25, 0.3) is 0 Å². The lowest BCUT2D eigenvalue weighted by atomic mass is 9.85. The zero-order valence-electron chi connectivity index (χ0n) is 14.4. The highest BCUT2D eigenvalue weighted by Crippen LogP contribution is 2.32. The Hall–Kier alpha value is -1.02. The molecule has 1 aliphatic heterocycles. The minimum absolute atomic E-state index is 0.487. The van der Waals surface area contributed by atoms with Crippen LogP contribution >= 0.6 is 0 Å². The Kier molecular flexibility index (Phi) is 5.69. The number of anilines is 1. The molecular formula is C19H32N2. The molecule has 2 rings (SSSR count). The van der Waals surface area contributed by atoms with Crippen molar-refractivity contribution in [3.63, 3.8) is 0 Å². The third-order valence-electron chi connectivity index (χ3n) is 5.08. The Morgan fingerprint density at radius 2 is 1.81 bits per heavy atom. The molecular weight excluding hydrogens is 256 g/mol. The van der Waals surface area contributed by atoms with E-state index < -0.39 is 0 Å². The van der Waals surface area contributed by atoms with Crippen LogP contribution in [0.2, 0.25) is 0 Å². The Labute approximate surface area is 130 Å². The van der Waals surface area contributed by atoms with Crippen molar-refractivity contribution in [1.82, 2.24) is 5.32 Å². The Bertz CT molecular complexity index is 426. The molecule has 2 nitrogen and oxygen atoms in total. The fraction of sp³-hybridized carbons (Fsp3) is 0.684. The predicted octanol–water partition coefficient (Wildman–Crippen LogP) is 4.62. The Morgan fingerprint density at radius 3 is 2.38 bits per heavy atom. The summed E-state index contributed by atoms with van der Waals surface area (Å²) in [5.74, 6) is 1.57. The molecule has 1 aliphatic rings. The summed E-state index contributed by atoms with van der Waals surface area (Å²) < 4.78 is 0. The highest BCUT2D eigenvalue weighted by Gasteiger charge is 2.28. The van der Waals surface area contributed by atoms with E-state index in [-0.39, 0.29) is 0 Å². The predicted molar refractivity (Wildman–Crippen MR) is 92.9 cm³/mol. The van der Waals surface area contributed by atoms with E-state index in [1.807, 2.05) is 0 Å². The van der Waals surface area contributed by atoms with Gasteiger partial charge in [0, 0.05) is 24.3 Å². The molecule has 0 amide bonds. The zero-order chi connectivity index (χ0) is 15.4. The molecule has 0 aromatic heterocycles. The SMILES string of the molecule is CCNC(CC)c1ccc(N2CC(C)CC(C)C2C)cc1. The largest absolute Gasteiger partial charge is 0.368 e. The van der Waals surface area contributed by atoms with Gasteiger partial charge in [0.1, 0.15) is 0 Å². The molecule has 4 atom stereocenters. The van der Waals surface area contributed by atoms with Crippen molar-refractivity contribution in [3.8, 4) is 0 Å². The summed E-state index contributed by atoms with van der Waals surface area (Å²) in [6, 6.07) is 10.4. The van der Waals surface area contributed by atoms with Crippen LogP contribution in [0.4, 0.5) is 5.69 Å². The number of piperidine rings is 1. The molecule has 1 aromatic carbocycles. The van der Waals surface area contributed by atoms with E-state index in [1.54, 1.807) is 0 Å². The van der Waals surface area contributed by atoms with Crippen LogP contribution in [0.3, 0.4) is 0 Å². The Morgan fingerprint density at radius 1 is 1.14 bits per heavy atom. The van der Waals surface area contributed by atoms with Crippen molar-refractivity contribution in [2.45, 2.75) is 59.5 Å². The third-order valence-corrected chi connectivity index (χ3v) is 5.08. The minimum atomic E-state index is 0.487. The van der Waals surface area contributed by atoms with Crippen LogP contribution in [-0.2, 0) is 0 Å². The van der Waals surface area contributed by atoms with E-state index in [9.17, 15) is 0 Å². The van der Waals surface area contributed by atoms with Gasteiger partial charge in [-0.05, 0) is 55.8 Å². The van der Waals surface area contributed by atoms with Crippen LogP contribution in [-0.4, -0.2) is 19.1 Å². The minimum Gasteiger partial charge on any atom is -0.368 e. The highest BCUT2D eigenvalue weighted by molar-refractivity contribution is 5.49. The van der Waals surface area contributed by atoms with Crippen LogP contribution in [0.25, 0.3) is 0 Å².